The largest absolute Gasteiger partial charge is 0.361 e. The molecule has 0 radical (unpaired) electrons. The fraction of sp³-hybridized carbons (Fsp3) is 0.444. The van der Waals surface area contributed by atoms with Gasteiger partial charge in [-0.15, -0.1) is 0 Å². The lowest BCUT2D eigenvalue weighted by atomic mass is 10.00. The predicted molar refractivity (Wildman–Crippen MR) is 104 cm³/mol. The lowest BCUT2D eigenvalue weighted by Crippen LogP contribution is -2.40. The molecule has 2 rings (SSSR count). The number of aromatic nitrogens is 1. The van der Waals surface area contributed by atoms with Crippen LogP contribution in [0.2, 0.25) is 10.0 Å². The molecule has 0 aliphatic rings. The molecular formula is C18H24Cl2N4O. The van der Waals surface area contributed by atoms with Gasteiger partial charge >= 0.3 is 0 Å². The Labute approximate surface area is 158 Å². The summed E-state index contributed by atoms with van der Waals surface area (Å²) in [6.45, 7) is 8.76. The van der Waals surface area contributed by atoms with Crippen molar-refractivity contribution < 1.29 is 4.52 Å². The van der Waals surface area contributed by atoms with Crippen LogP contribution < -0.4 is 10.6 Å². The van der Waals surface area contributed by atoms with Crippen molar-refractivity contribution in [3.05, 3.63) is 50.8 Å². The van der Waals surface area contributed by atoms with Crippen LogP contribution >= 0.6 is 23.2 Å². The normalized spacial score (nSPS) is 14.3. The second-order valence-corrected chi connectivity index (χ2v) is 6.97. The van der Waals surface area contributed by atoms with E-state index in [0.29, 0.717) is 22.5 Å². The lowest BCUT2D eigenvalue weighted by molar-refractivity contribution is 0.391. The number of aliphatic imine (C=N–C) groups is 1. The first kappa shape index (κ1) is 19.6. The maximum absolute atomic E-state index is 6.28. The molecule has 0 aliphatic carbocycles. The van der Waals surface area contributed by atoms with Crippen molar-refractivity contribution in [2.45, 2.75) is 39.7 Å². The highest BCUT2D eigenvalue weighted by molar-refractivity contribution is 6.35. The number of halogens is 2. The number of benzene rings is 1. The van der Waals surface area contributed by atoms with Crippen molar-refractivity contribution in [1.29, 1.82) is 0 Å². The molecule has 2 unspecified atom stereocenters. The van der Waals surface area contributed by atoms with Gasteiger partial charge in [-0.2, -0.15) is 0 Å². The van der Waals surface area contributed by atoms with E-state index in [2.05, 4.69) is 27.7 Å². The van der Waals surface area contributed by atoms with Gasteiger partial charge in [-0.3, -0.25) is 4.99 Å². The Balaban J connectivity index is 1.99. The summed E-state index contributed by atoms with van der Waals surface area (Å²) in [4.78, 5) is 4.29. The second-order valence-electron chi connectivity index (χ2n) is 6.12. The summed E-state index contributed by atoms with van der Waals surface area (Å²) in [5, 5.41) is 12.0. The van der Waals surface area contributed by atoms with Gasteiger partial charge in [0, 0.05) is 35.1 Å². The fourth-order valence-electron chi connectivity index (χ4n) is 2.88. The van der Waals surface area contributed by atoms with Crippen molar-refractivity contribution >= 4 is 29.2 Å². The first-order valence-corrected chi connectivity index (χ1v) is 8.94. The Morgan fingerprint density at radius 3 is 2.56 bits per heavy atom. The van der Waals surface area contributed by atoms with Gasteiger partial charge in [-0.05, 0) is 38.5 Å². The molecule has 0 amide bonds. The van der Waals surface area contributed by atoms with Crippen molar-refractivity contribution in [2.75, 3.05) is 13.6 Å². The van der Waals surface area contributed by atoms with Gasteiger partial charge in [0.05, 0.1) is 11.7 Å². The summed E-state index contributed by atoms with van der Waals surface area (Å²) in [6, 6.07) is 5.48. The van der Waals surface area contributed by atoms with Crippen LogP contribution in [0.15, 0.2) is 27.7 Å². The Kier molecular flexibility index (Phi) is 6.73. The minimum atomic E-state index is -0.00895. The first-order valence-electron chi connectivity index (χ1n) is 8.18. The highest BCUT2D eigenvalue weighted by Gasteiger charge is 2.17. The third-order valence-electron chi connectivity index (χ3n) is 4.16. The smallest absolute Gasteiger partial charge is 0.191 e. The Hall–Kier alpha value is -1.72. The molecule has 7 heteroatoms. The van der Waals surface area contributed by atoms with E-state index < -0.39 is 0 Å². The van der Waals surface area contributed by atoms with Gasteiger partial charge in [-0.1, -0.05) is 41.3 Å². The zero-order valence-electron chi connectivity index (χ0n) is 15.2. The Bertz CT molecular complexity index is 738. The Morgan fingerprint density at radius 2 is 2.00 bits per heavy atom. The SMILES string of the molecule is CN=C(NCC(C)c1c(C)noc1C)NC(C)c1ccc(Cl)cc1Cl. The molecule has 1 aromatic carbocycles. The number of aryl methyl sites for hydroxylation is 2. The molecule has 0 aliphatic heterocycles. The average molecular weight is 383 g/mol. The number of nitrogens with zero attached hydrogens (tertiary/aromatic N) is 2. The van der Waals surface area contributed by atoms with Crippen molar-refractivity contribution in [1.82, 2.24) is 15.8 Å². The summed E-state index contributed by atoms with van der Waals surface area (Å²) in [5.41, 5.74) is 3.03. The number of rotatable bonds is 5. The van der Waals surface area contributed by atoms with Crippen molar-refractivity contribution in [2.24, 2.45) is 4.99 Å². The topological polar surface area (TPSA) is 62.5 Å². The van der Waals surface area contributed by atoms with E-state index in [1.807, 2.05) is 32.9 Å². The molecule has 0 saturated heterocycles. The van der Waals surface area contributed by atoms with E-state index in [9.17, 15) is 0 Å². The summed E-state index contributed by atoms with van der Waals surface area (Å²) >= 11 is 12.2. The zero-order valence-corrected chi connectivity index (χ0v) is 16.7. The van der Waals surface area contributed by atoms with E-state index in [1.54, 1.807) is 13.1 Å². The van der Waals surface area contributed by atoms with Gasteiger partial charge in [0.25, 0.3) is 0 Å². The van der Waals surface area contributed by atoms with E-state index in [0.717, 1.165) is 22.6 Å². The fourth-order valence-corrected chi connectivity index (χ4v) is 3.45. The summed E-state index contributed by atoms with van der Waals surface area (Å²) in [7, 11) is 1.74. The summed E-state index contributed by atoms with van der Waals surface area (Å²) < 4.78 is 5.25. The van der Waals surface area contributed by atoms with Crippen LogP contribution in [0.3, 0.4) is 0 Å². The monoisotopic (exact) mass is 382 g/mol. The number of hydrogen-bond acceptors (Lipinski definition) is 3. The molecular weight excluding hydrogens is 359 g/mol. The third-order valence-corrected chi connectivity index (χ3v) is 4.73. The minimum Gasteiger partial charge on any atom is -0.361 e. The standard InChI is InChI=1S/C18H24Cl2N4O/c1-10(17-12(3)24-25-13(17)4)9-22-18(21-5)23-11(2)15-7-6-14(19)8-16(15)20/h6-8,10-11H,9H2,1-5H3,(H2,21,22,23). The zero-order chi connectivity index (χ0) is 18.6. The molecule has 5 nitrogen and oxygen atoms in total. The third kappa shape index (κ3) is 4.89. The minimum absolute atomic E-state index is 0.00895. The summed E-state index contributed by atoms with van der Waals surface area (Å²) in [6.07, 6.45) is 0. The highest BCUT2D eigenvalue weighted by atomic mass is 35.5. The maximum Gasteiger partial charge on any atom is 0.191 e. The quantitative estimate of drug-likeness (QED) is 0.584. The van der Waals surface area contributed by atoms with Crippen molar-refractivity contribution in [3.63, 3.8) is 0 Å². The molecule has 1 aromatic heterocycles. The number of hydrogen-bond donors (Lipinski definition) is 2. The van der Waals surface area contributed by atoms with Gasteiger partial charge < -0.3 is 15.2 Å². The van der Waals surface area contributed by atoms with Gasteiger partial charge in [0.2, 0.25) is 0 Å². The van der Waals surface area contributed by atoms with Crippen LogP contribution in [0, 0.1) is 13.8 Å². The molecule has 0 fully saturated rings. The van der Waals surface area contributed by atoms with Gasteiger partial charge in [0.15, 0.2) is 5.96 Å². The van der Waals surface area contributed by atoms with Crippen LogP contribution in [-0.4, -0.2) is 24.7 Å². The van der Waals surface area contributed by atoms with Gasteiger partial charge in [0.1, 0.15) is 5.76 Å². The molecule has 1 heterocycles. The Morgan fingerprint density at radius 1 is 1.28 bits per heavy atom. The summed E-state index contributed by atoms with van der Waals surface area (Å²) in [5.74, 6) is 1.81. The van der Waals surface area contributed by atoms with E-state index in [4.69, 9.17) is 27.7 Å². The predicted octanol–water partition coefficient (Wildman–Crippen LogP) is 4.63. The number of guanidine groups is 1. The first-order chi connectivity index (χ1) is 11.8. The van der Waals surface area contributed by atoms with E-state index >= 15 is 0 Å². The van der Waals surface area contributed by atoms with Crippen LogP contribution in [0.4, 0.5) is 0 Å². The van der Waals surface area contributed by atoms with Crippen LogP contribution in [0.1, 0.15) is 48.4 Å². The molecule has 0 spiro atoms. The second kappa shape index (κ2) is 8.59. The molecule has 0 bridgehead atoms. The molecule has 2 atom stereocenters. The molecule has 136 valence electrons. The molecule has 0 saturated carbocycles. The van der Waals surface area contributed by atoms with E-state index in [1.165, 1.54) is 0 Å². The van der Waals surface area contributed by atoms with Crippen LogP contribution in [0.5, 0.6) is 0 Å². The van der Waals surface area contributed by atoms with Crippen LogP contribution in [0.25, 0.3) is 0 Å². The van der Waals surface area contributed by atoms with Crippen LogP contribution in [-0.2, 0) is 0 Å². The highest BCUT2D eigenvalue weighted by Crippen LogP contribution is 2.26. The average Bonchev–Trinajstić information content (AvgIpc) is 2.89. The molecule has 2 aromatic rings. The molecule has 25 heavy (non-hydrogen) atoms. The van der Waals surface area contributed by atoms with E-state index in [-0.39, 0.29) is 12.0 Å². The molecule has 2 N–H and O–H groups in total. The number of nitrogens with one attached hydrogen (secondary N) is 2. The van der Waals surface area contributed by atoms with Gasteiger partial charge in [-0.25, -0.2) is 0 Å². The van der Waals surface area contributed by atoms with Crippen molar-refractivity contribution in [3.8, 4) is 0 Å². The lowest BCUT2D eigenvalue weighted by Gasteiger charge is -2.21. The maximum atomic E-state index is 6.28.